The van der Waals surface area contributed by atoms with E-state index in [9.17, 15) is 0 Å². The molecule has 2 aromatic rings. The van der Waals surface area contributed by atoms with Crippen LogP contribution in [-0.4, -0.2) is 10.2 Å². The molecule has 0 saturated heterocycles. The van der Waals surface area contributed by atoms with Crippen molar-refractivity contribution >= 4 is 22.2 Å². The van der Waals surface area contributed by atoms with Crippen LogP contribution in [0.5, 0.6) is 0 Å². The van der Waals surface area contributed by atoms with Gasteiger partial charge in [-0.2, -0.15) is 0 Å². The molecule has 0 aliphatic heterocycles. The molecule has 0 fully saturated rings. The van der Waals surface area contributed by atoms with E-state index in [1.165, 1.54) is 0 Å². The highest BCUT2D eigenvalue weighted by Crippen LogP contribution is 2.15. The maximum Gasteiger partial charge on any atom is 0.205 e. The predicted octanol–water partition coefficient (Wildman–Crippen LogP) is 2.04. The van der Waals surface area contributed by atoms with Gasteiger partial charge in [-0.3, -0.25) is 0 Å². The van der Waals surface area contributed by atoms with Gasteiger partial charge in [0.1, 0.15) is 5.01 Å². The monoisotopic (exact) mass is 220 g/mol. The molecular weight excluding hydrogens is 208 g/mol. The molecule has 1 aromatic carbocycles. The molecule has 2 rings (SSSR count). The summed E-state index contributed by atoms with van der Waals surface area (Å²) in [5, 5.41) is 12.9. The van der Waals surface area contributed by atoms with Crippen LogP contribution < -0.4 is 11.1 Å². The van der Waals surface area contributed by atoms with E-state index in [0.717, 1.165) is 27.9 Å². The van der Waals surface area contributed by atoms with Crippen molar-refractivity contribution in [3.05, 3.63) is 34.8 Å². The molecule has 0 amide bonds. The normalized spacial score (nSPS) is 10.2. The van der Waals surface area contributed by atoms with Gasteiger partial charge in [0.2, 0.25) is 5.13 Å². The molecule has 0 atom stereocenters. The van der Waals surface area contributed by atoms with Crippen molar-refractivity contribution in [3.63, 3.8) is 0 Å². The SMILES string of the molecule is Cc1nnc(NCc2cccc(N)c2)s1. The number of rotatable bonds is 3. The second-order valence-electron chi connectivity index (χ2n) is 3.22. The molecule has 1 aromatic heterocycles. The lowest BCUT2D eigenvalue weighted by Crippen LogP contribution is -1.99. The zero-order valence-electron chi connectivity index (χ0n) is 8.40. The van der Waals surface area contributed by atoms with Crippen molar-refractivity contribution in [2.24, 2.45) is 0 Å². The zero-order chi connectivity index (χ0) is 10.7. The van der Waals surface area contributed by atoms with Gasteiger partial charge in [-0.05, 0) is 24.6 Å². The van der Waals surface area contributed by atoms with E-state index in [1.807, 2.05) is 31.2 Å². The summed E-state index contributed by atoms with van der Waals surface area (Å²) in [6, 6.07) is 7.79. The van der Waals surface area contributed by atoms with E-state index in [1.54, 1.807) is 11.3 Å². The van der Waals surface area contributed by atoms with Gasteiger partial charge in [0.25, 0.3) is 0 Å². The minimum Gasteiger partial charge on any atom is -0.399 e. The molecule has 0 saturated carbocycles. The Balaban J connectivity index is 1.99. The van der Waals surface area contributed by atoms with Crippen LogP contribution >= 0.6 is 11.3 Å². The summed E-state index contributed by atoms with van der Waals surface area (Å²) in [4.78, 5) is 0. The van der Waals surface area contributed by atoms with E-state index in [0.29, 0.717) is 0 Å². The Morgan fingerprint density at radius 1 is 1.40 bits per heavy atom. The Hall–Kier alpha value is -1.62. The average Bonchev–Trinajstić information content (AvgIpc) is 2.62. The first-order chi connectivity index (χ1) is 7.24. The third-order valence-electron chi connectivity index (χ3n) is 1.92. The standard InChI is InChI=1S/C10H12N4S/c1-7-13-14-10(15-7)12-6-8-3-2-4-9(11)5-8/h2-5H,6,11H2,1H3,(H,12,14). The average molecular weight is 220 g/mol. The van der Waals surface area contributed by atoms with E-state index in [2.05, 4.69) is 15.5 Å². The number of nitrogens with zero attached hydrogens (tertiary/aromatic N) is 2. The number of aromatic nitrogens is 2. The summed E-state index contributed by atoms with van der Waals surface area (Å²) >= 11 is 1.55. The number of aryl methyl sites for hydroxylation is 1. The highest BCUT2D eigenvalue weighted by molar-refractivity contribution is 7.15. The Labute approximate surface area is 92.2 Å². The van der Waals surface area contributed by atoms with Crippen molar-refractivity contribution in [2.45, 2.75) is 13.5 Å². The van der Waals surface area contributed by atoms with Crippen molar-refractivity contribution in [3.8, 4) is 0 Å². The lowest BCUT2D eigenvalue weighted by Gasteiger charge is -2.02. The van der Waals surface area contributed by atoms with E-state index in [4.69, 9.17) is 5.73 Å². The number of nitrogens with one attached hydrogen (secondary N) is 1. The summed E-state index contributed by atoms with van der Waals surface area (Å²) in [6.07, 6.45) is 0. The van der Waals surface area contributed by atoms with Crippen LogP contribution in [-0.2, 0) is 6.54 Å². The lowest BCUT2D eigenvalue weighted by molar-refractivity contribution is 1.02. The van der Waals surface area contributed by atoms with Gasteiger partial charge in [-0.15, -0.1) is 10.2 Å². The third-order valence-corrected chi connectivity index (χ3v) is 2.72. The second-order valence-corrected chi connectivity index (χ2v) is 4.41. The second kappa shape index (κ2) is 4.27. The largest absolute Gasteiger partial charge is 0.399 e. The Morgan fingerprint density at radius 3 is 2.93 bits per heavy atom. The van der Waals surface area contributed by atoms with Crippen LogP contribution in [0.1, 0.15) is 10.6 Å². The molecule has 3 N–H and O–H groups in total. The molecular formula is C10H12N4S. The minimum atomic E-state index is 0.722. The highest BCUT2D eigenvalue weighted by atomic mass is 32.1. The molecule has 0 unspecified atom stereocenters. The highest BCUT2D eigenvalue weighted by Gasteiger charge is 1.99. The molecule has 1 heterocycles. The fourth-order valence-corrected chi connectivity index (χ4v) is 1.84. The number of hydrogen-bond acceptors (Lipinski definition) is 5. The van der Waals surface area contributed by atoms with Crippen LogP contribution in [0.3, 0.4) is 0 Å². The maximum absolute atomic E-state index is 5.68. The van der Waals surface area contributed by atoms with Crippen LogP contribution in [0.4, 0.5) is 10.8 Å². The van der Waals surface area contributed by atoms with E-state index in [-0.39, 0.29) is 0 Å². The first kappa shape index (κ1) is 9.92. The summed E-state index contributed by atoms with van der Waals surface area (Å²) in [5.74, 6) is 0. The van der Waals surface area contributed by atoms with Gasteiger partial charge in [-0.1, -0.05) is 23.5 Å². The van der Waals surface area contributed by atoms with Crippen molar-refractivity contribution in [1.29, 1.82) is 0 Å². The van der Waals surface area contributed by atoms with Crippen LogP contribution in [0.25, 0.3) is 0 Å². The predicted molar refractivity (Wildman–Crippen MR) is 62.8 cm³/mol. The molecule has 0 aliphatic carbocycles. The fraction of sp³-hybridized carbons (Fsp3) is 0.200. The first-order valence-corrected chi connectivity index (χ1v) is 5.44. The van der Waals surface area contributed by atoms with Gasteiger partial charge < -0.3 is 11.1 Å². The summed E-state index contributed by atoms with van der Waals surface area (Å²) in [5.41, 5.74) is 7.60. The molecule has 0 bridgehead atoms. The van der Waals surface area contributed by atoms with Gasteiger partial charge in [-0.25, -0.2) is 0 Å². The topological polar surface area (TPSA) is 63.8 Å². The van der Waals surface area contributed by atoms with Crippen molar-refractivity contribution in [1.82, 2.24) is 10.2 Å². The Kier molecular flexibility index (Phi) is 2.82. The molecule has 4 nitrogen and oxygen atoms in total. The van der Waals surface area contributed by atoms with Gasteiger partial charge in [0.05, 0.1) is 0 Å². The maximum atomic E-state index is 5.68. The molecule has 0 aliphatic rings. The summed E-state index contributed by atoms with van der Waals surface area (Å²) in [7, 11) is 0. The zero-order valence-corrected chi connectivity index (χ0v) is 9.21. The van der Waals surface area contributed by atoms with Crippen LogP contribution in [0.2, 0.25) is 0 Å². The quantitative estimate of drug-likeness (QED) is 0.777. The van der Waals surface area contributed by atoms with Gasteiger partial charge in [0, 0.05) is 12.2 Å². The molecule has 15 heavy (non-hydrogen) atoms. The molecule has 5 heteroatoms. The number of hydrogen-bond donors (Lipinski definition) is 2. The van der Waals surface area contributed by atoms with Gasteiger partial charge >= 0.3 is 0 Å². The molecule has 0 radical (unpaired) electrons. The fourth-order valence-electron chi connectivity index (χ4n) is 1.25. The molecule has 0 spiro atoms. The van der Waals surface area contributed by atoms with Crippen LogP contribution in [0.15, 0.2) is 24.3 Å². The number of nitrogens with two attached hydrogens (primary N) is 1. The number of nitrogen functional groups attached to an aromatic ring is 1. The Bertz CT molecular complexity index is 452. The first-order valence-electron chi connectivity index (χ1n) is 4.62. The number of anilines is 2. The van der Waals surface area contributed by atoms with Crippen LogP contribution in [0, 0.1) is 6.92 Å². The van der Waals surface area contributed by atoms with Crippen molar-refractivity contribution in [2.75, 3.05) is 11.1 Å². The minimum absolute atomic E-state index is 0.722. The third kappa shape index (κ3) is 2.66. The molecule has 78 valence electrons. The number of benzene rings is 1. The van der Waals surface area contributed by atoms with Crippen molar-refractivity contribution < 1.29 is 0 Å². The Morgan fingerprint density at radius 2 is 2.27 bits per heavy atom. The smallest absolute Gasteiger partial charge is 0.205 e. The van der Waals surface area contributed by atoms with Gasteiger partial charge in [0.15, 0.2) is 0 Å². The summed E-state index contributed by atoms with van der Waals surface area (Å²) in [6.45, 7) is 2.66. The summed E-state index contributed by atoms with van der Waals surface area (Å²) < 4.78 is 0. The van der Waals surface area contributed by atoms with E-state index >= 15 is 0 Å². The van der Waals surface area contributed by atoms with E-state index < -0.39 is 0 Å². The lowest BCUT2D eigenvalue weighted by atomic mass is 10.2.